The molecule has 0 radical (unpaired) electrons. The zero-order valence-electron chi connectivity index (χ0n) is 9.88. The molecule has 1 atom stereocenters. The van der Waals surface area contributed by atoms with E-state index in [0.29, 0.717) is 12.5 Å². The van der Waals surface area contributed by atoms with Crippen molar-refractivity contribution in [3.63, 3.8) is 0 Å². The quantitative estimate of drug-likeness (QED) is 0.735. The molecule has 2 fully saturated rings. The minimum Gasteiger partial charge on any atom is -0.329 e. The van der Waals surface area contributed by atoms with Gasteiger partial charge in [-0.05, 0) is 49.9 Å². The van der Waals surface area contributed by atoms with Crippen molar-refractivity contribution in [2.24, 2.45) is 22.8 Å². The molecule has 0 bridgehead atoms. The van der Waals surface area contributed by atoms with Crippen molar-refractivity contribution < 1.29 is 0 Å². The lowest BCUT2D eigenvalue weighted by Crippen LogP contribution is -2.41. The van der Waals surface area contributed by atoms with Crippen LogP contribution in [0.25, 0.3) is 0 Å². The molecule has 0 aromatic heterocycles. The second kappa shape index (κ2) is 4.84. The molecular weight excluding hydrogens is 184 g/mol. The van der Waals surface area contributed by atoms with Gasteiger partial charge in [0.2, 0.25) is 0 Å². The van der Waals surface area contributed by atoms with E-state index in [4.69, 9.17) is 11.5 Å². The second-order valence-corrected chi connectivity index (χ2v) is 5.80. The van der Waals surface area contributed by atoms with Crippen LogP contribution in [0.3, 0.4) is 0 Å². The summed E-state index contributed by atoms with van der Waals surface area (Å²) in [5.41, 5.74) is 12.4. The minimum absolute atomic E-state index is 0.256. The standard InChI is InChI=1S/C13H26N2/c14-10-12(15)11-4-8-13(9-5-11)6-2-1-3-7-13/h11-12H,1-10,14-15H2. The summed E-state index contributed by atoms with van der Waals surface area (Å²) in [5.74, 6) is 0.711. The predicted molar refractivity (Wildman–Crippen MR) is 64.5 cm³/mol. The van der Waals surface area contributed by atoms with Crippen molar-refractivity contribution in [3.8, 4) is 0 Å². The van der Waals surface area contributed by atoms with Crippen molar-refractivity contribution in [1.29, 1.82) is 0 Å². The largest absolute Gasteiger partial charge is 0.329 e. The van der Waals surface area contributed by atoms with Crippen LogP contribution in [0.5, 0.6) is 0 Å². The van der Waals surface area contributed by atoms with Crippen LogP contribution in [0.1, 0.15) is 57.8 Å². The molecule has 2 rings (SSSR count). The summed E-state index contributed by atoms with van der Waals surface area (Å²) in [6.45, 7) is 0.664. The van der Waals surface area contributed by atoms with E-state index in [9.17, 15) is 0 Å². The van der Waals surface area contributed by atoms with Crippen LogP contribution in [-0.4, -0.2) is 12.6 Å². The highest BCUT2D eigenvalue weighted by molar-refractivity contribution is 4.90. The first kappa shape index (κ1) is 11.4. The fraction of sp³-hybridized carbons (Fsp3) is 1.00. The summed E-state index contributed by atoms with van der Waals surface area (Å²) >= 11 is 0. The molecule has 0 amide bonds. The Bertz CT molecular complexity index is 187. The molecule has 4 N–H and O–H groups in total. The van der Waals surface area contributed by atoms with E-state index in [-0.39, 0.29) is 6.04 Å². The van der Waals surface area contributed by atoms with Crippen LogP contribution in [0, 0.1) is 11.3 Å². The fourth-order valence-corrected chi connectivity index (χ4v) is 3.67. The summed E-state index contributed by atoms with van der Waals surface area (Å²) in [7, 11) is 0. The fourth-order valence-electron chi connectivity index (χ4n) is 3.67. The molecule has 0 aliphatic heterocycles. The van der Waals surface area contributed by atoms with Gasteiger partial charge in [0, 0.05) is 12.6 Å². The van der Waals surface area contributed by atoms with E-state index < -0.39 is 0 Å². The normalized spacial score (nSPS) is 29.2. The maximum absolute atomic E-state index is 6.04. The Labute approximate surface area is 93.8 Å². The van der Waals surface area contributed by atoms with Crippen LogP contribution in [0.2, 0.25) is 0 Å². The molecule has 0 saturated heterocycles. The van der Waals surface area contributed by atoms with Crippen molar-refractivity contribution in [3.05, 3.63) is 0 Å². The van der Waals surface area contributed by atoms with Crippen LogP contribution in [0.4, 0.5) is 0 Å². The maximum atomic E-state index is 6.04. The Morgan fingerprint density at radius 1 is 1.00 bits per heavy atom. The number of hydrogen-bond donors (Lipinski definition) is 2. The molecule has 2 aliphatic rings. The predicted octanol–water partition coefficient (Wildman–Crippen LogP) is 2.41. The number of rotatable bonds is 2. The summed E-state index contributed by atoms with van der Waals surface area (Å²) in [6.07, 6.45) is 12.9. The molecule has 0 aromatic rings. The highest BCUT2D eigenvalue weighted by atomic mass is 14.7. The highest BCUT2D eigenvalue weighted by Gasteiger charge is 2.37. The van der Waals surface area contributed by atoms with E-state index in [1.807, 2.05) is 0 Å². The molecular formula is C13H26N2. The lowest BCUT2D eigenvalue weighted by Gasteiger charge is -2.44. The van der Waals surface area contributed by atoms with Crippen molar-refractivity contribution in [1.82, 2.24) is 0 Å². The van der Waals surface area contributed by atoms with Crippen LogP contribution < -0.4 is 11.5 Å². The van der Waals surface area contributed by atoms with E-state index in [1.54, 1.807) is 0 Å². The van der Waals surface area contributed by atoms with Gasteiger partial charge in [-0.1, -0.05) is 19.3 Å². The molecule has 15 heavy (non-hydrogen) atoms. The molecule has 1 unspecified atom stereocenters. The van der Waals surface area contributed by atoms with Gasteiger partial charge in [-0.25, -0.2) is 0 Å². The van der Waals surface area contributed by atoms with Gasteiger partial charge in [0.15, 0.2) is 0 Å². The first-order valence-electron chi connectivity index (χ1n) is 6.71. The third kappa shape index (κ3) is 2.54. The first-order chi connectivity index (χ1) is 7.26. The zero-order chi connectivity index (χ0) is 10.7. The average molecular weight is 210 g/mol. The van der Waals surface area contributed by atoms with Gasteiger partial charge >= 0.3 is 0 Å². The first-order valence-corrected chi connectivity index (χ1v) is 6.71. The molecule has 2 aliphatic carbocycles. The smallest absolute Gasteiger partial charge is 0.0191 e. The van der Waals surface area contributed by atoms with Gasteiger partial charge in [0.25, 0.3) is 0 Å². The summed E-state index contributed by atoms with van der Waals surface area (Å²) in [5, 5.41) is 0. The lowest BCUT2D eigenvalue weighted by molar-refractivity contribution is 0.0899. The van der Waals surface area contributed by atoms with Gasteiger partial charge in [0.1, 0.15) is 0 Å². The molecule has 2 heteroatoms. The monoisotopic (exact) mass is 210 g/mol. The van der Waals surface area contributed by atoms with Gasteiger partial charge in [-0.3, -0.25) is 0 Å². The topological polar surface area (TPSA) is 52.0 Å². The lowest BCUT2D eigenvalue weighted by atomic mass is 9.62. The summed E-state index contributed by atoms with van der Waals surface area (Å²) in [6, 6.07) is 0.256. The van der Waals surface area contributed by atoms with Crippen molar-refractivity contribution in [2.45, 2.75) is 63.8 Å². The third-order valence-corrected chi connectivity index (χ3v) is 4.88. The maximum Gasteiger partial charge on any atom is 0.0191 e. The Morgan fingerprint density at radius 3 is 2.13 bits per heavy atom. The highest BCUT2D eigenvalue weighted by Crippen LogP contribution is 2.49. The van der Waals surface area contributed by atoms with E-state index in [1.165, 1.54) is 57.8 Å². The van der Waals surface area contributed by atoms with Gasteiger partial charge in [-0.15, -0.1) is 0 Å². The Kier molecular flexibility index (Phi) is 3.68. The van der Waals surface area contributed by atoms with E-state index >= 15 is 0 Å². The van der Waals surface area contributed by atoms with Gasteiger partial charge < -0.3 is 11.5 Å². The Morgan fingerprint density at radius 2 is 1.60 bits per heavy atom. The number of nitrogens with two attached hydrogens (primary N) is 2. The zero-order valence-corrected chi connectivity index (χ0v) is 9.88. The van der Waals surface area contributed by atoms with Crippen molar-refractivity contribution in [2.75, 3.05) is 6.54 Å². The third-order valence-electron chi connectivity index (χ3n) is 4.88. The average Bonchev–Trinajstić information content (AvgIpc) is 2.30. The van der Waals surface area contributed by atoms with Crippen LogP contribution in [-0.2, 0) is 0 Å². The second-order valence-electron chi connectivity index (χ2n) is 5.80. The number of hydrogen-bond acceptors (Lipinski definition) is 2. The van der Waals surface area contributed by atoms with Gasteiger partial charge in [-0.2, -0.15) is 0 Å². The van der Waals surface area contributed by atoms with Crippen LogP contribution >= 0.6 is 0 Å². The summed E-state index contributed by atoms with van der Waals surface area (Å²) < 4.78 is 0. The Hall–Kier alpha value is -0.0800. The molecule has 1 spiro atoms. The molecule has 0 heterocycles. The van der Waals surface area contributed by atoms with Crippen molar-refractivity contribution >= 4 is 0 Å². The molecule has 88 valence electrons. The van der Waals surface area contributed by atoms with Gasteiger partial charge in [0.05, 0.1) is 0 Å². The van der Waals surface area contributed by atoms with Crippen LogP contribution in [0.15, 0.2) is 0 Å². The molecule has 0 aromatic carbocycles. The molecule has 2 nitrogen and oxygen atoms in total. The SMILES string of the molecule is NCC(N)C1CCC2(CCCCC2)CC1. The molecule has 2 saturated carbocycles. The minimum atomic E-state index is 0.256. The van der Waals surface area contributed by atoms with E-state index in [2.05, 4.69) is 0 Å². The Balaban J connectivity index is 1.85. The van der Waals surface area contributed by atoms with E-state index in [0.717, 1.165) is 5.41 Å². The summed E-state index contributed by atoms with van der Waals surface area (Å²) in [4.78, 5) is 0.